The third-order valence-corrected chi connectivity index (χ3v) is 4.67. The van der Waals surface area contributed by atoms with Gasteiger partial charge in [0, 0.05) is 5.39 Å². The van der Waals surface area contributed by atoms with Crippen molar-refractivity contribution in [3.05, 3.63) is 46.3 Å². The fourth-order valence-corrected chi connectivity index (χ4v) is 3.31. The number of nitrogens with two attached hydrogens (primary N) is 2. The van der Waals surface area contributed by atoms with Crippen LogP contribution in [0.1, 0.15) is 20.8 Å². The summed E-state index contributed by atoms with van der Waals surface area (Å²) in [7, 11) is 0. The number of pyridine rings is 1. The third-order valence-electron chi connectivity index (χ3n) is 3.56. The maximum Gasteiger partial charge on any atom is 0.418 e. The Hall–Kier alpha value is -3.32. The van der Waals surface area contributed by atoms with E-state index in [9.17, 15) is 18.0 Å². The summed E-state index contributed by atoms with van der Waals surface area (Å²) >= 11 is 0.879. The number of benzene rings is 1. The first-order valence-electron chi connectivity index (χ1n) is 7.08. The number of hydrogen-bond donors (Lipinski definition) is 3. The summed E-state index contributed by atoms with van der Waals surface area (Å²) in [4.78, 5) is 16.8. The van der Waals surface area contributed by atoms with E-state index in [1.165, 1.54) is 18.2 Å². The van der Waals surface area contributed by atoms with Crippen LogP contribution in [0.25, 0.3) is 10.2 Å². The van der Waals surface area contributed by atoms with Gasteiger partial charge in [-0.2, -0.15) is 18.4 Å². The summed E-state index contributed by atoms with van der Waals surface area (Å²) in [5.74, 6) is -0.824. The van der Waals surface area contributed by atoms with Crippen molar-refractivity contribution in [3.8, 4) is 6.07 Å². The highest BCUT2D eigenvalue weighted by atomic mass is 32.1. The topological polar surface area (TPSA) is 118 Å². The summed E-state index contributed by atoms with van der Waals surface area (Å²) in [6.07, 6.45) is -4.62. The SMILES string of the molecule is N#Cc1cc2c(N)c(C(=O)Nc3ccccc3C(F)(F)F)sc2nc1N. The number of nitrogen functional groups attached to an aromatic ring is 2. The average molecular weight is 377 g/mol. The highest BCUT2D eigenvalue weighted by Gasteiger charge is 2.34. The van der Waals surface area contributed by atoms with Crippen LogP contribution in [0.5, 0.6) is 0 Å². The molecule has 0 unspecified atom stereocenters. The second-order valence-electron chi connectivity index (χ2n) is 5.23. The van der Waals surface area contributed by atoms with Crippen molar-refractivity contribution in [2.75, 3.05) is 16.8 Å². The third kappa shape index (κ3) is 3.00. The number of carbonyl (C=O) groups excluding carboxylic acids is 1. The smallest absolute Gasteiger partial charge is 0.397 e. The van der Waals surface area contributed by atoms with Crippen LogP contribution in [-0.4, -0.2) is 10.9 Å². The molecular weight excluding hydrogens is 367 g/mol. The molecule has 1 aromatic carbocycles. The Morgan fingerprint density at radius 2 is 1.96 bits per heavy atom. The summed E-state index contributed by atoms with van der Waals surface area (Å²) in [6.45, 7) is 0. The highest BCUT2D eigenvalue weighted by molar-refractivity contribution is 7.21. The van der Waals surface area contributed by atoms with Crippen molar-refractivity contribution < 1.29 is 18.0 Å². The molecule has 10 heteroatoms. The van der Waals surface area contributed by atoms with E-state index in [4.69, 9.17) is 16.7 Å². The van der Waals surface area contributed by atoms with Gasteiger partial charge < -0.3 is 16.8 Å². The van der Waals surface area contributed by atoms with Gasteiger partial charge in [-0.05, 0) is 18.2 Å². The fourth-order valence-electron chi connectivity index (χ4n) is 2.33. The molecule has 0 saturated carbocycles. The van der Waals surface area contributed by atoms with Crippen molar-refractivity contribution >= 4 is 44.7 Å². The summed E-state index contributed by atoms with van der Waals surface area (Å²) in [6, 6.07) is 7.86. The number of nitrogens with one attached hydrogen (secondary N) is 1. The van der Waals surface area contributed by atoms with Gasteiger partial charge in [-0.25, -0.2) is 4.98 Å². The molecule has 1 amide bonds. The molecule has 5 N–H and O–H groups in total. The molecule has 6 nitrogen and oxygen atoms in total. The number of carbonyl (C=O) groups is 1. The number of thiophene rings is 1. The van der Waals surface area contributed by atoms with Crippen molar-refractivity contribution in [2.45, 2.75) is 6.18 Å². The van der Waals surface area contributed by atoms with Crippen LogP contribution >= 0.6 is 11.3 Å². The van der Waals surface area contributed by atoms with Gasteiger partial charge in [0.2, 0.25) is 0 Å². The lowest BCUT2D eigenvalue weighted by molar-refractivity contribution is -0.136. The molecule has 0 atom stereocenters. The minimum atomic E-state index is -4.62. The van der Waals surface area contributed by atoms with Crippen molar-refractivity contribution in [1.29, 1.82) is 5.26 Å². The maximum absolute atomic E-state index is 13.0. The molecule has 2 heterocycles. The van der Waals surface area contributed by atoms with Crippen LogP contribution in [0.15, 0.2) is 30.3 Å². The Labute approximate surface area is 148 Å². The second-order valence-corrected chi connectivity index (χ2v) is 6.23. The maximum atomic E-state index is 13.0. The molecule has 3 aromatic rings. The molecule has 3 rings (SSSR count). The monoisotopic (exact) mass is 377 g/mol. The fraction of sp³-hybridized carbons (Fsp3) is 0.0625. The molecule has 0 radical (unpaired) electrons. The molecule has 132 valence electrons. The van der Waals surface area contributed by atoms with Gasteiger partial charge in [-0.3, -0.25) is 4.79 Å². The normalized spacial score (nSPS) is 11.3. The Morgan fingerprint density at radius 3 is 2.62 bits per heavy atom. The van der Waals surface area contributed by atoms with Crippen LogP contribution < -0.4 is 16.8 Å². The van der Waals surface area contributed by atoms with E-state index < -0.39 is 17.6 Å². The second kappa shape index (κ2) is 6.20. The minimum Gasteiger partial charge on any atom is -0.397 e. The summed E-state index contributed by atoms with van der Waals surface area (Å²) in [5.41, 5.74) is 10.3. The summed E-state index contributed by atoms with van der Waals surface area (Å²) in [5, 5.41) is 11.6. The number of halogens is 3. The van der Waals surface area contributed by atoms with Gasteiger partial charge in [0.1, 0.15) is 21.6 Å². The van der Waals surface area contributed by atoms with Gasteiger partial charge in [0.25, 0.3) is 5.91 Å². The molecule has 0 aliphatic heterocycles. The van der Waals surface area contributed by atoms with E-state index in [1.54, 1.807) is 0 Å². The van der Waals surface area contributed by atoms with Gasteiger partial charge in [0.05, 0.1) is 22.5 Å². The lowest BCUT2D eigenvalue weighted by Crippen LogP contribution is -2.16. The number of nitrogens with zero attached hydrogens (tertiary/aromatic N) is 2. The summed E-state index contributed by atoms with van der Waals surface area (Å²) < 4.78 is 39.1. The van der Waals surface area contributed by atoms with Gasteiger partial charge >= 0.3 is 6.18 Å². The number of amides is 1. The number of fused-ring (bicyclic) bond motifs is 1. The lowest BCUT2D eigenvalue weighted by atomic mass is 10.1. The molecule has 0 saturated heterocycles. The molecule has 0 spiro atoms. The van der Waals surface area contributed by atoms with Crippen LogP contribution in [0.4, 0.5) is 30.4 Å². The molecule has 0 aliphatic carbocycles. The number of hydrogen-bond acceptors (Lipinski definition) is 6. The number of anilines is 3. The van der Waals surface area contributed by atoms with Crippen molar-refractivity contribution in [1.82, 2.24) is 4.98 Å². The zero-order chi connectivity index (χ0) is 19.1. The van der Waals surface area contributed by atoms with E-state index in [1.807, 2.05) is 6.07 Å². The number of para-hydroxylation sites is 1. The molecule has 0 aliphatic rings. The highest BCUT2D eigenvalue weighted by Crippen LogP contribution is 2.37. The minimum absolute atomic E-state index is 0.0148. The Balaban J connectivity index is 2.02. The Kier molecular flexibility index (Phi) is 4.17. The van der Waals surface area contributed by atoms with Gasteiger partial charge in [0.15, 0.2) is 0 Å². The quantitative estimate of drug-likeness (QED) is 0.631. The van der Waals surface area contributed by atoms with Crippen LogP contribution in [0.2, 0.25) is 0 Å². The lowest BCUT2D eigenvalue weighted by Gasteiger charge is -2.13. The van der Waals surface area contributed by atoms with Crippen LogP contribution in [0, 0.1) is 11.3 Å². The predicted octanol–water partition coefficient (Wildman–Crippen LogP) is 3.60. The van der Waals surface area contributed by atoms with Crippen LogP contribution in [-0.2, 0) is 6.18 Å². The number of aromatic nitrogens is 1. The number of alkyl halides is 3. The van der Waals surface area contributed by atoms with Crippen molar-refractivity contribution in [3.63, 3.8) is 0 Å². The molecule has 2 aromatic heterocycles. The standard InChI is InChI=1S/C16H10F3N5OS/c17-16(18,19)9-3-1-2-4-10(9)23-14(25)12-11(21)8-5-7(6-20)13(22)24-15(8)26-12/h1-5H,21H2,(H2,22,24)(H,23,25). The van der Waals surface area contributed by atoms with Crippen LogP contribution in [0.3, 0.4) is 0 Å². The van der Waals surface area contributed by atoms with E-state index in [-0.39, 0.29) is 27.6 Å². The van der Waals surface area contributed by atoms with Gasteiger partial charge in [-0.1, -0.05) is 12.1 Å². The van der Waals surface area contributed by atoms with E-state index in [2.05, 4.69) is 10.3 Å². The first kappa shape index (κ1) is 17.5. The van der Waals surface area contributed by atoms with E-state index >= 15 is 0 Å². The average Bonchev–Trinajstić information content (AvgIpc) is 2.89. The first-order chi connectivity index (χ1) is 12.2. The zero-order valence-electron chi connectivity index (χ0n) is 12.9. The zero-order valence-corrected chi connectivity index (χ0v) is 13.7. The van der Waals surface area contributed by atoms with Gasteiger partial charge in [-0.15, -0.1) is 11.3 Å². The molecule has 26 heavy (non-hydrogen) atoms. The van der Waals surface area contributed by atoms with Crippen molar-refractivity contribution in [2.24, 2.45) is 0 Å². The predicted molar refractivity (Wildman–Crippen MR) is 92.6 cm³/mol. The molecule has 0 bridgehead atoms. The number of nitriles is 1. The molecule has 0 fully saturated rings. The number of rotatable bonds is 2. The Morgan fingerprint density at radius 1 is 1.27 bits per heavy atom. The van der Waals surface area contributed by atoms with E-state index in [0.717, 1.165) is 23.5 Å². The molecular formula is C16H10F3N5OS. The Bertz CT molecular complexity index is 1070. The largest absolute Gasteiger partial charge is 0.418 e. The van der Waals surface area contributed by atoms with E-state index in [0.29, 0.717) is 10.2 Å². The first-order valence-corrected chi connectivity index (χ1v) is 7.90.